The first kappa shape index (κ1) is 14.0. The predicted molar refractivity (Wildman–Crippen MR) is 69.7 cm³/mol. The highest BCUT2D eigenvalue weighted by atomic mass is 16.5. The van der Waals surface area contributed by atoms with E-state index in [0.717, 1.165) is 6.54 Å². The lowest BCUT2D eigenvalue weighted by molar-refractivity contribution is -0.0238. The predicted octanol–water partition coefficient (Wildman–Crippen LogP) is 3.36. The second kappa shape index (κ2) is 5.05. The van der Waals surface area contributed by atoms with Crippen molar-refractivity contribution in [2.75, 3.05) is 6.54 Å². The second-order valence-corrected chi connectivity index (χ2v) is 7.01. The number of ether oxygens (including phenoxy) is 1. The van der Waals surface area contributed by atoms with Crippen molar-refractivity contribution in [2.24, 2.45) is 5.92 Å². The van der Waals surface area contributed by atoms with Gasteiger partial charge in [-0.05, 0) is 66.3 Å². The highest BCUT2D eigenvalue weighted by molar-refractivity contribution is 4.82. The van der Waals surface area contributed by atoms with E-state index < -0.39 is 0 Å². The van der Waals surface area contributed by atoms with Gasteiger partial charge in [0.25, 0.3) is 0 Å². The zero-order valence-corrected chi connectivity index (χ0v) is 11.9. The Balaban J connectivity index is 2.23. The molecule has 1 N–H and O–H groups in total. The molecular weight excluding hydrogens is 198 g/mol. The molecule has 2 nitrogen and oxygen atoms in total. The summed E-state index contributed by atoms with van der Waals surface area (Å²) in [4.78, 5) is 0. The third kappa shape index (κ3) is 5.31. The van der Waals surface area contributed by atoms with Crippen molar-refractivity contribution >= 4 is 0 Å². The first-order valence-electron chi connectivity index (χ1n) is 6.61. The molecule has 1 aliphatic rings. The van der Waals surface area contributed by atoms with Gasteiger partial charge in [-0.25, -0.2) is 0 Å². The molecule has 1 rings (SSSR count). The molecule has 2 atom stereocenters. The molecule has 0 aromatic heterocycles. The number of rotatable bonds is 4. The molecular formula is C14H29NO. The molecule has 96 valence electrons. The maximum atomic E-state index is 6.02. The van der Waals surface area contributed by atoms with Crippen molar-refractivity contribution in [2.45, 2.75) is 78.0 Å². The molecule has 16 heavy (non-hydrogen) atoms. The van der Waals surface area contributed by atoms with Gasteiger partial charge in [-0.2, -0.15) is 0 Å². The Morgan fingerprint density at radius 1 is 1.38 bits per heavy atom. The van der Waals surface area contributed by atoms with Gasteiger partial charge >= 0.3 is 0 Å². The van der Waals surface area contributed by atoms with Crippen molar-refractivity contribution in [1.29, 1.82) is 0 Å². The lowest BCUT2D eigenvalue weighted by Crippen LogP contribution is -2.39. The van der Waals surface area contributed by atoms with Gasteiger partial charge in [0.05, 0.1) is 11.7 Å². The summed E-state index contributed by atoms with van der Waals surface area (Å²) in [6.45, 7) is 14.5. The molecule has 2 heteroatoms. The van der Waals surface area contributed by atoms with E-state index >= 15 is 0 Å². The Labute approximate surface area is 101 Å². The van der Waals surface area contributed by atoms with Crippen LogP contribution in [0.1, 0.15) is 60.8 Å². The van der Waals surface area contributed by atoms with Crippen molar-refractivity contribution in [3.8, 4) is 0 Å². The number of hydrogen-bond acceptors (Lipinski definition) is 2. The van der Waals surface area contributed by atoms with Crippen LogP contribution >= 0.6 is 0 Å². The second-order valence-electron chi connectivity index (χ2n) is 7.01. The molecule has 1 fully saturated rings. The van der Waals surface area contributed by atoms with Gasteiger partial charge in [0.1, 0.15) is 0 Å². The molecule has 0 saturated carbocycles. The standard InChI is InChI=1S/C14H29NO/c1-11(10-15-13(2,3)4)9-12-7-8-14(5,6)16-12/h11-12,15H,7-10H2,1-6H3. The van der Waals surface area contributed by atoms with Gasteiger partial charge in [-0.1, -0.05) is 6.92 Å². The molecule has 1 aliphatic heterocycles. The molecule has 1 saturated heterocycles. The molecule has 0 amide bonds. The molecule has 2 unspecified atom stereocenters. The van der Waals surface area contributed by atoms with E-state index in [1.807, 2.05) is 0 Å². The van der Waals surface area contributed by atoms with Gasteiger partial charge in [-0.15, -0.1) is 0 Å². The Kier molecular flexibility index (Phi) is 4.42. The summed E-state index contributed by atoms with van der Waals surface area (Å²) in [5.41, 5.74) is 0.339. The van der Waals surface area contributed by atoms with Crippen LogP contribution in [-0.2, 0) is 4.74 Å². The average molecular weight is 227 g/mol. The number of nitrogens with one attached hydrogen (secondary N) is 1. The van der Waals surface area contributed by atoms with E-state index in [9.17, 15) is 0 Å². The summed E-state index contributed by atoms with van der Waals surface area (Å²) >= 11 is 0. The highest BCUT2D eigenvalue weighted by Gasteiger charge is 2.32. The SMILES string of the molecule is CC(CNC(C)(C)C)CC1CCC(C)(C)O1. The van der Waals surface area contributed by atoms with Crippen LogP contribution in [0.15, 0.2) is 0 Å². The molecule has 1 heterocycles. The van der Waals surface area contributed by atoms with E-state index in [0.29, 0.717) is 12.0 Å². The minimum Gasteiger partial charge on any atom is -0.372 e. The first-order chi connectivity index (χ1) is 7.18. The fourth-order valence-electron chi connectivity index (χ4n) is 2.26. The first-order valence-corrected chi connectivity index (χ1v) is 6.61. The van der Waals surface area contributed by atoms with Crippen LogP contribution in [0, 0.1) is 5.92 Å². The Hall–Kier alpha value is -0.0800. The zero-order chi connectivity index (χ0) is 12.4. The van der Waals surface area contributed by atoms with E-state index in [1.165, 1.54) is 19.3 Å². The van der Waals surface area contributed by atoms with E-state index in [2.05, 4.69) is 46.9 Å². The van der Waals surface area contributed by atoms with Crippen molar-refractivity contribution in [3.05, 3.63) is 0 Å². The quantitative estimate of drug-likeness (QED) is 0.795. The van der Waals surface area contributed by atoms with E-state index in [1.54, 1.807) is 0 Å². The Morgan fingerprint density at radius 2 is 2.00 bits per heavy atom. The normalized spacial score (nSPS) is 27.0. The van der Waals surface area contributed by atoms with Crippen LogP contribution < -0.4 is 5.32 Å². The van der Waals surface area contributed by atoms with E-state index in [4.69, 9.17) is 4.74 Å². The molecule has 0 aromatic carbocycles. The monoisotopic (exact) mass is 227 g/mol. The summed E-state index contributed by atoms with van der Waals surface area (Å²) < 4.78 is 6.02. The smallest absolute Gasteiger partial charge is 0.0631 e. The Bertz CT molecular complexity index is 217. The van der Waals surface area contributed by atoms with Crippen molar-refractivity contribution in [3.63, 3.8) is 0 Å². The minimum absolute atomic E-state index is 0.113. The molecule has 0 aromatic rings. The van der Waals surface area contributed by atoms with Gasteiger partial charge in [0.15, 0.2) is 0 Å². The fraction of sp³-hybridized carbons (Fsp3) is 1.00. The maximum Gasteiger partial charge on any atom is 0.0631 e. The maximum absolute atomic E-state index is 6.02. The van der Waals surface area contributed by atoms with Crippen molar-refractivity contribution in [1.82, 2.24) is 5.32 Å². The van der Waals surface area contributed by atoms with Gasteiger partial charge < -0.3 is 10.1 Å². The van der Waals surface area contributed by atoms with Gasteiger partial charge in [0, 0.05) is 5.54 Å². The summed E-state index contributed by atoms with van der Waals surface area (Å²) in [5, 5.41) is 3.56. The third-order valence-electron chi connectivity index (χ3n) is 3.20. The fourth-order valence-corrected chi connectivity index (χ4v) is 2.26. The lowest BCUT2D eigenvalue weighted by atomic mass is 9.99. The van der Waals surface area contributed by atoms with Crippen LogP contribution in [0.4, 0.5) is 0 Å². The molecule has 0 spiro atoms. The van der Waals surface area contributed by atoms with Gasteiger partial charge in [0.2, 0.25) is 0 Å². The molecule has 0 radical (unpaired) electrons. The summed E-state index contributed by atoms with van der Waals surface area (Å²) in [6, 6.07) is 0. The summed E-state index contributed by atoms with van der Waals surface area (Å²) in [7, 11) is 0. The van der Waals surface area contributed by atoms with Crippen LogP contribution in [-0.4, -0.2) is 23.8 Å². The summed E-state index contributed by atoms with van der Waals surface area (Å²) in [6.07, 6.45) is 4.10. The largest absolute Gasteiger partial charge is 0.372 e. The van der Waals surface area contributed by atoms with Crippen LogP contribution in [0.3, 0.4) is 0 Å². The average Bonchev–Trinajstić information content (AvgIpc) is 2.41. The topological polar surface area (TPSA) is 21.3 Å². The highest BCUT2D eigenvalue weighted by Crippen LogP contribution is 2.32. The molecule has 0 aliphatic carbocycles. The van der Waals surface area contributed by atoms with Crippen LogP contribution in [0.5, 0.6) is 0 Å². The van der Waals surface area contributed by atoms with Crippen LogP contribution in [0.25, 0.3) is 0 Å². The number of hydrogen-bond donors (Lipinski definition) is 1. The summed E-state index contributed by atoms with van der Waals surface area (Å²) in [5.74, 6) is 0.693. The molecule has 0 bridgehead atoms. The third-order valence-corrected chi connectivity index (χ3v) is 3.20. The Morgan fingerprint density at radius 3 is 2.44 bits per heavy atom. The van der Waals surface area contributed by atoms with Crippen LogP contribution in [0.2, 0.25) is 0 Å². The lowest BCUT2D eigenvalue weighted by Gasteiger charge is -2.25. The van der Waals surface area contributed by atoms with E-state index in [-0.39, 0.29) is 11.1 Å². The van der Waals surface area contributed by atoms with Gasteiger partial charge in [-0.3, -0.25) is 0 Å². The van der Waals surface area contributed by atoms with Crippen molar-refractivity contribution < 1.29 is 4.74 Å². The zero-order valence-electron chi connectivity index (χ0n) is 11.9. The minimum atomic E-state index is 0.113.